The van der Waals surface area contributed by atoms with E-state index in [9.17, 15) is 32.3 Å². The maximum Gasteiger partial charge on any atom is 0.419 e. The van der Waals surface area contributed by atoms with Crippen molar-refractivity contribution in [3.63, 3.8) is 0 Å². The summed E-state index contributed by atoms with van der Waals surface area (Å²) in [6, 6.07) is 10.1. The molecule has 4 heterocycles. The van der Waals surface area contributed by atoms with E-state index in [1.165, 1.54) is 36.9 Å². The van der Waals surface area contributed by atoms with Crippen molar-refractivity contribution in [3.8, 4) is 11.8 Å². The van der Waals surface area contributed by atoms with Crippen LogP contribution in [0.15, 0.2) is 48.7 Å². The number of halogens is 6. The zero-order valence-electron chi connectivity index (χ0n) is 32.5. The van der Waals surface area contributed by atoms with Gasteiger partial charge in [0.05, 0.1) is 29.6 Å². The summed E-state index contributed by atoms with van der Waals surface area (Å²) in [5.41, 5.74) is -3.61. The minimum absolute atomic E-state index is 0.0417. The van der Waals surface area contributed by atoms with Crippen LogP contribution in [0, 0.1) is 11.3 Å². The molecular formula is C39H39ClF5N9O5S. The lowest BCUT2D eigenvalue weighted by molar-refractivity contribution is -0.138. The smallest absolute Gasteiger partial charge is 0.419 e. The molecular weight excluding hydrogens is 837 g/mol. The zero-order valence-corrected chi connectivity index (χ0v) is 34.0. The van der Waals surface area contributed by atoms with Gasteiger partial charge in [0.2, 0.25) is 17.7 Å². The molecule has 3 aromatic rings. The lowest BCUT2D eigenvalue weighted by Crippen LogP contribution is -2.49. The molecule has 0 spiro atoms. The standard InChI is InChI=1S/C39H39ClF5N9O5S/c1-37(2)35(58)53(26-18-27(39(43,44)45)30(19-46)47-20-26)36(60)54(37)25-4-6-31(28(17-25)38(3,41)42)59-13-12-51-8-10-52(11-9-51)21-33(56)49-24-15-22(40)14-23(16-24)48-29-5-7-32(55)50-34(29)57/h4,6,14-18,20,29,48H,5,7-13,21H2,1-3H3,(H,49,56)(H,50,55,57). The highest BCUT2D eigenvalue weighted by molar-refractivity contribution is 7.81. The number of nitriles is 1. The summed E-state index contributed by atoms with van der Waals surface area (Å²) in [6.07, 6.45) is -3.51. The quantitative estimate of drug-likeness (QED) is 0.119. The van der Waals surface area contributed by atoms with Crippen LogP contribution in [-0.2, 0) is 31.3 Å². The Morgan fingerprint density at radius 2 is 1.68 bits per heavy atom. The second-order valence-electron chi connectivity index (χ2n) is 15.0. The summed E-state index contributed by atoms with van der Waals surface area (Å²) >= 11 is 11.8. The maximum atomic E-state index is 15.1. The number of nitrogens with zero attached hydrogens (tertiary/aromatic N) is 6. The van der Waals surface area contributed by atoms with Crippen LogP contribution < -0.4 is 30.5 Å². The Morgan fingerprint density at radius 1 is 1.02 bits per heavy atom. The number of ether oxygens (including phenoxy) is 1. The molecule has 0 aliphatic carbocycles. The molecule has 60 heavy (non-hydrogen) atoms. The molecule has 0 bridgehead atoms. The van der Waals surface area contributed by atoms with Gasteiger partial charge in [0, 0.05) is 68.2 Å². The van der Waals surface area contributed by atoms with Crippen molar-refractivity contribution >= 4 is 75.3 Å². The molecule has 0 radical (unpaired) electrons. The van der Waals surface area contributed by atoms with Crippen LogP contribution in [0.3, 0.4) is 0 Å². The van der Waals surface area contributed by atoms with Gasteiger partial charge in [-0.25, -0.2) is 13.8 Å². The van der Waals surface area contributed by atoms with Gasteiger partial charge in [0.15, 0.2) is 10.8 Å². The highest BCUT2D eigenvalue weighted by atomic mass is 35.5. The summed E-state index contributed by atoms with van der Waals surface area (Å²) in [4.78, 5) is 59.9. The van der Waals surface area contributed by atoms with Crippen molar-refractivity contribution < 1.29 is 45.9 Å². The molecule has 4 amide bonds. The number of amides is 4. The van der Waals surface area contributed by atoms with E-state index in [1.807, 2.05) is 4.90 Å². The van der Waals surface area contributed by atoms with E-state index >= 15 is 8.78 Å². The number of anilines is 4. The topological polar surface area (TPSA) is 163 Å². The van der Waals surface area contributed by atoms with Gasteiger partial charge in [0.1, 0.15) is 30.0 Å². The number of imide groups is 1. The Balaban J connectivity index is 1.04. The van der Waals surface area contributed by atoms with Crippen molar-refractivity contribution in [2.75, 3.05) is 66.3 Å². The SMILES string of the molecule is CC(F)(F)c1cc(N2C(=S)N(c3cnc(C#N)c(C(F)(F)F)c3)C(=O)C2(C)C)ccc1OCCN1CCN(CC(=O)Nc2cc(Cl)cc(NC3CCC(=O)NC3=O)c2)CC1. The van der Waals surface area contributed by atoms with Gasteiger partial charge in [-0.2, -0.15) is 18.4 Å². The third kappa shape index (κ3) is 9.75. The van der Waals surface area contributed by atoms with E-state index < -0.39 is 52.3 Å². The molecule has 14 nitrogen and oxygen atoms in total. The number of hydrogen-bond donors (Lipinski definition) is 3. The normalized spacial score (nSPS) is 19.0. The van der Waals surface area contributed by atoms with Crippen molar-refractivity contribution in [2.24, 2.45) is 0 Å². The van der Waals surface area contributed by atoms with E-state index in [2.05, 4.69) is 25.8 Å². The Labute approximate surface area is 351 Å². The Hall–Kier alpha value is -5.49. The number of benzene rings is 2. The molecule has 3 fully saturated rings. The number of aromatic nitrogens is 1. The number of piperazine rings is 1. The zero-order chi connectivity index (χ0) is 43.7. The minimum atomic E-state index is -4.95. The molecule has 2 aromatic carbocycles. The Kier molecular flexibility index (Phi) is 12.7. The van der Waals surface area contributed by atoms with Crippen LogP contribution in [0.1, 0.15) is 50.4 Å². The summed E-state index contributed by atoms with van der Waals surface area (Å²) in [5.74, 6) is -5.33. The van der Waals surface area contributed by atoms with Crippen LogP contribution in [0.25, 0.3) is 0 Å². The molecule has 21 heteroatoms. The number of carbonyl (C=O) groups is 4. The number of hydrogen-bond acceptors (Lipinski definition) is 11. The number of piperidine rings is 1. The predicted molar refractivity (Wildman–Crippen MR) is 215 cm³/mol. The number of thiocarbonyl (C=S) groups is 1. The largest absolute Gasteiger partial charge is 0.492 e. The number of nitrogens with one attached hydrogen (secondary N) is 3. The van der Waals surface area contributed by atoms with Crippen LogP contribution in [0.5, 0.6) is 5.75 Å². The van der Waals surface area contributed by atoms with Crippen LogP contribution >= 0.6 is 23.8 Å². The van der Waals surface area contributed by atoms with E-state index in [0.717, 1.165) is 17.2 Å². The number of rotatable bonds is 12. The first kappa shape index (κ1) is 44.1. The average Bonchev–Trinajstić information content (AvgIpc) is 3.34. The Bertz CT molecular complexity index is 2260. The van der Waals surface area contributed by atoms with Crippen LogP contribution in [0.4, 0.5) is 44.7 Å². The van der Waals surface area contributed by atoms with Crippen LogP contribution in [-0.4, -0.2) is 101 Å². The van der Waals surface area contributed by atoms with E-state index in [1.54, 1.807) is 18.2 Å². The molecule has 1 unspecified atom stereocenters. The first-order chi connectivity index (χ1) is 28.1. The second kappa shape index (κ2) is 17.2. The molecule has 318 valence electrons. The summed E-state index contributed by atoms with van der Waals surface area (Å²) < 4.78 is 77.2. The predicted octanol–water partition coefficient (Wildman–Crippen LogP) is 5.51. The molecule has 3 N–H and O–H groups in total. The van der Waals surface area contributed by atoms with Gasteiger partial charge in [-0.1, -0.05) is 11.6 Å². The molecule has 6 rings (SSSR count). The van der Waals surface area contributed by atoms with Gasteiger partial charge in [-0.3, -0.25) is 39.2 Å². The number of alkyl halides is 5. The fourth-order valence-electron chi connectivity index (χ4n) is 7.10. The highest BCUT2D eigenvalue weighted by Gasteiger charge is 2.51. The summed E-state index contributed by atoms with van der Waals surface area (Å²) in [6.45, 7) is 6.30. The number of pyridine rings is 1. The Morgan fingerprint density at radius 3 is 2.33 bits per heavy atom. The fourth-order valence-corrected chi connectivity index (χ4v) is 7.86. The molecule has 1 atom stereocenters. The van der Waals surface area contributed by atoms with Gasteiger partial charge in [-0.05, 0) is 75.0 Å². The fraction of sp³-hybridized carbons (Fsp3) is 0.410. The lowest BCUT2D eigenvalue weighted by Gasteiger charge is -2.34. The first-order valence-electron chi connectivity index (χ1n) is 18.6. The molecule has 3 saturated heterocycles. The number of carbonyl (C=O) groups excluding carboxylic acids is 4. The monoisotopic (exact) mass is 875 g/mol. The lowest BCUT2D eigenvalue weighted by atomic mass is 10.0. The highest BCUT2D eigenvalue weighted by Crippen LogP contribution is 2.43. The van der Waals surface area contributed by atoms with Gasteiger partial charge in [0.25, 0.3) is 11.8 Å². The van der Waals surface area contributed by atoms with E-state index in [4.69, 9.17) is 33.8 Å². The van der Waals surface area contributed by atoms with Crippen molar-refractivity contribution in [2.45, 2.75) is 57.3 Å². The van der Waals surface area contributed by atoms with Gasteiger partial charge < -0.3 is 20.3 Å². The maximum absolute atomic E-state index is 15.1. The average molecular weight is 876 g/mol. The van der Waals surface area contributed by atoms with Crippen LogP contribution in [0.2, 0.25) is 5.02 Å². The third-order valence-corrected chi connectivity index (χ3v) is 10.7. The summed E-state index contributed by atoms with van der Waals surface area (Å²) in [5, 5.41) is 17.4. The second-order valence-corrected chi connectivity index (χ2v) is 15.8. The van der Waals surface area contributed by atoms with Crippen molar-refractivity contribution in [1.82, 2.24) is 20.1 Å². The minimum Gasteiger partial charge on any atom is -0.492 e. The van der Waals surface area contributed by atoms with Crippen molar-refractivity contribution in [3.05, 3.63) is 70.5 Å². The molecule has 0 saturated carbocycles. The van der Waals surface area contributed by atoms with Gasteiger partial charge >= 0.3 is 6.18 Å². The van der Waals surface area contributed by atoms with Gasteiger partial charge in [-0.15, -0.1) is 0 Å². The first-order valence-corrected chi connectivity index (χ1v) is 19.4. The van der Waals surface area contributed by atoms with Crippen molar-refractivity contribution in [1.29, 1.82) is 5.26 Å². The van der Waals surface area contributed by atoms with E-state index in [-0.39, 0.29) is 53.6 Å². The third-order valence-electron chi connectivity index (χ3n) is 10.2. The molecule has 3 aliphatic rings. The van der Waals surface area contributed by atoms with E-state index in [0.29, 0.717) is 68.5 Å². The molecule has 3 aliphatic heterocycles. The molecule has 1 aromatic heterocycles. The summed E-state index contributed by atoms with van der Waals surface area (Å²) in [7, 11) is 0.